The van der Waals surface area contributed by atoms with Crippen molar-refractivity contribution < 1.29 is 17.9 Å². The number of halogens is 3. The molecular formula is C14H16F3N3O. The molecule has 1 aliphatic rings. The molecule has 4 nitrogen and oxygen atoms in total. The lowest BCUT2D eigenvalue weighted by atomic mass is 9.91. The summed E-state index contributed by atoms with van der Waals surface area (Å²) in [6.07, 6.45) is -4.71. The van der Waals surface area contributed by atoms with Crippen molar-refractivity contribution in [2.75, 3.05) is 26.2 Å². The minimum Gasteiger partial charge on any atom is -0.406 e. The van der Waals surface area contributed by atoms with Crippen LogP contribution in [0.1, 0.15) is 12.5 Å². The van der Waals surface area contributed by atoms with Crippen LogP contribution >= 0.6 is 0 Å². The molecule has 0 aliphatic carbocycles. The van der Waals surface area contributed by atoms with Gasteiger partial charge in [0.1, 0.15) is 11.3 Å². The third-order valence-corrected chi connectivity index (χ3v) is 3.62. The Kier molecular flexibility index (Phi) is 4.40. The fourth-order valence-electron chi connectivity index (χ4n) is 2.41. The number of piperazine rings is 1. The number of nitrogens with one attached hydrogen (secondary N) is 1. The number of rotatable bonds is 3. The van der Waals surface area contributed by atoms with Gasteiger partial charge in [-0.3, -0.25) is 4.90 Å². The van der Waals surface area contributed by atoms with Crippen molar-refractivity contribution in [3.05, 3.63) is 29.8 Å². The van der Waals surface area contributed by atoms with Crippen LogP contribution in [0.5, 0.6) is 5.75 Å². The maximum absolute atomic E-state index is 12.1. The second-order valence-corrected chi connectivity index (χ2v) is 4.99. The van der Waals surface area contributed by atoms with E-state index in [1.165, 1.54) is 24.3 Å². The van der Waals surface area contributed by atoms with E-state index in [9.17, 15) is 18.4 Å². The van der Waals surface area contributed by atoms with Gasteiger partial charge in [-0.2, -0.15) is 5.26 Å². The van der Waals surface area contributed by atoms with E-state index in [0.717, 1.165) is 13.1 Å². The van der Waals surface area contributed by atoms with Crippen molar-refractivity contribution in [2.45, 2.75) is 18.8 Å². The lowest BCUT2D eigenvalue weighted by Gasteiger charge is -2.39. The third-order valence-electron chi connectivity index (χ3n) is 3.62. The zero-order chi connectivity index (χ0) is 15.5. The second kappa shape index (κ2) is 5.92. The van der Waals surface area contributed by atoms with Gasteiger partial charge in [-0.05, 0) is 24.6 Å². The van der Waals surface area contributed by atoms with Crippen LogP contribution in [0, 0.1) is 11.3 Å². The molecule has 2 rings (SSSR count). The molecule has 0 saturated carbocycles. The van der Waals surface area contributed by atoms with Gasteiger partial charge in [-0.15, -0.1) is 13.2 Å². The summed E-state index contributed by atoms with van der Waals surface area (Å²) in [6, 6.07) is 7.75. The SMILES string of the molecule is CC(C#N)(c1ccc(OC(F)(F)F)cc1)N1CCNCC1. The maximum atomic E-state index is 12.1. The summed E-state index contributed by atoms with van der Waals surface area (Å²) < 4.78 is 40.3. The highest BCUT2D eigenvalue weighted by atomic mass is 19.4. The summed E-state index contributed by atoms with van der Waals surface area (Å²) in [7, 11) is 0. The number of benzene rings is 1. The smallest absolute Gasteiger partial charge is 0.406 e. The normalized spacial score (nSPS) is 19.6. The number of ether oxygens (including phenoxy) is 1. The molecule has 1 aliphatic heterocycles. The van der Waals surface area contributed by atoms with E-state index in [4.69, 9.17) is 0 Å². The van der Waals surface area contributed by atoms with E-state index >= 15 is 0 Å². The average Bonchev–Trinajstić information content (AvgIpc) is 2.46. The number of alkyl halides is 3. The van der Waals surface area contributed by atoms with Crippen LogP contribution in [0.2, 0.25) is 0 Å². The molecule has 1 fully saturated rings. The molecule has 1 atom stereocenters. The molecule has 21 heavy (non-hydrogen) atoms. The Morgan fingerprint density at radius 1 is 1.19 bits per heavy atom. The quantitative estimate of drug-likeness (QED) is 0.930. The van der Waals surface area contributed by atoms with Crippen LogP contribution in [-0.2, 0) is 5.54 Å². The Morgan fingerprint density at radius 3 is 2.24 bits per heavy atom. The van der Waals surface area contributed by atoms with Crippen LogP contribution in [0.25, 0.3) is 0 Å². The van der Waals surface area contributed by atoms with Gasteiger partial charge < -0.3 is 10.1 Å². The van der Waals surface area contributed by atoms with Crippen LogP contribution in [0.15, 0.2) is 24.3 Å². The van der Waals surface area contributed by atoms with Crippen LogP contribution < -0.4 is 10.1 Å². The van der Waals surface area contributed by atoms with E-state index in [-0.39, 0.29) is 5.75 Å². The first-order valence-electron chi connectivity index (χ1n) is 6.58. The van der Waals surface area contributed by atoms with Crippen LogP contribution in [0.4, 0.5) is 13.2 Å². The van der Waals surface area contributed by atoms with Gasteiger partial charge >= 0.3 is 6.36 Å². The van der Waals surface area contributed by atoms with Crippen molar-refractivity contribution in [2.24, 2.45) is 0 Å². The Balaban J connectivity index is 2.20. The molecule has 0 radical (unpaired) electrons. The monoisotopic (exact) mass is 299 g/mol. The Morgan fingerprint density at radius 2 is 1.76 bits per heavy atom. The van der Waals surface area contributed by atoms with Gasteiger partial charge in [0.2, 0.25) is 0 Å². The summed E-state index contributed by atoms with van der Waals surface area (Å²) >= 11 is 0. The highest BCUT2D eigenvalue weighted by Gasteiger charge is 2.35. The van der Waals surface area contributed by atoms with E-state index in [0.29, 0.717) is 18.7 Å². The van der Waals surface area contributed by atoms with E-state index < -0.39 is 11.9 Å². The molecule has 114 valence electrons. The number of hydrogen-bond donors (Lipinski definition) is 1. The topological polar surface area (TPSA) is 48.3 Å². The van der Waals surface area contributed by atoms with Crippen molar-refractivity contribution in [1.82, 2.24) is 10.2 Å². The molecule has 0 bridgehead atoms. The third kappa shape index (κ3) is 3.65. The second-order valence-electron chi connectivity index (χ2n) is 4.99. The molecule has 1 unspecified atom stereocenters. The van der Waals surface area contributed by atoms with Gasteiger partial charge in [-0.25, -0.2) is 0 Å². The van der Waals surface area contributed by atoms with Crippen molar-refractivity contribution in [3.8, 4) is 11.8 Å². The van der Waals surface area contributed by atoms with Crippen LogP contribution in [0.3, 0.4) is 0 Å². The minimum absolute atomic E-state index is 0.285. The molecule has 1 heterocycles. The molecular weight excluding hydrogens is 283 g/mol. The molecule has 1 saturated heterocycles. The van der Waals surface area contributed by atoms with Crippen molar-refractivity contribution in [3.63, 3.8) is 0 Å². The zero-order valence-corrected chi connectivity index (χ0v) is 11.6. The average molecular weight is 299 g/mol. The lowest BCUT2D eigenvalue weighted by molar-refractivity contribution is -0.274. The Labute approximate surface area is 121 Å². The first-order chi connectivity index (χ1) is 9.85. The van der Waals surface area contributed by atoms with E-state index in [1.807, 2.05) is 4.90 Å². The molecule has 1 aromatic rings. The molecule has 1 N–H and O–H groups in total. The summed E-state index contributed by atoms with van der Waals surface area (Å²) in [5.41, 5.74) is -0.208. The van der Waals surface area contributed by atoms with Gasteiger partial charge in [0, 0.05) is 26.2 Å². The minimum atomic E-state index is -4.71. The Hall–Kier alpha value is -1.78. The molecule has 7 heteroatoms. The highest BCUT2D eigenvalue weighted by molar-refractivity contribution is 5.35. The standard InChI is InChI=1S/C14H16F3N3O/c1-13(10-18,20-8-6-19-7-9-20)11-2-4-12(5-3-11)21-14(15,16)17/h2-5,19H,6-9H2,1H3. The van der Waals surface area contributed by atoms with Gasteiger partial charge in [0.25, 0.3) is 0 Å². The van der Waals surface area contributed by atoms with E-state index in [1.54, 1.807) is 6.92 Å². The summed E-state index contributed by atoms with van der Waals surface area (Å²) in [5, 5.41) is 12.7. The first kappa shape index (κ1) is 15.6. The molecule has 0 spiro atoms. The van der Waals surface area contributed by atoms with Crippen LogP contribution in [-0.4, -0.2) is 37.4 Å². The Bertz CT molecular complexity index is 518. The zero-order valence-electron chi connectivity index (χ0n) is 11.6. The fraction of sp³-hybridized carbons (Fsp3) is 0.500. The lowest BCUT2D eigenvalue weighted by Crippen LogP contribution is -2.52. The number of nitrogens with zero attached hydrogens (tertiary/aromatic N) is 2. The molecule has 0 aromatic heterocycles. The maximum Gasteiger partial charge on any atom is 0.573 e. The summed E-state index contributed by atoms with van der Waals surface area (Å²) in [5.74, 6) is -0.285. The van der Waals surface area contributed by atoms with Gasteiger partial charge in [0.05, 0.1) is 6.07 Å². The van der Waals surface area contributed by atoms with Gasteiger partial charge in [-0.1, -0.05) is 12.1 Å². The largest absolute Gasteiger partial charge is 0.573 e. The number of hydrogen-bond acceptors (Lipinski definition) is 4. The fourth-order valence-corrected chi connectivity index (χ4v) is 2.41. The van der Waals surface area contributed by atoms with Crippen molar-refractivity contribution >= 4 is 0 Å². The first-order valence-corrected chi connectivity index (χ1v) is 6.58. The van der Waals surface area contributed by atoms with Gasteiger partial charge in [0.15, 0.2) is 0 Å². The summed E-state index contributed by atoms with van der Waals surface area (Å²) in [4.78, 5) is 2.02. The predicted molar refractivity (Wildman–Crippen MR) is 70.5 cm³/mol. The predicted octanol–water partition coefficient (Wildman–Crippen LogP) is 2.23. The highest BCUT2D eigenvalue weighted by Crippen LogP contribution is 2.30. The summed E-state index contributed by atoms with van der Waals surface area (Å²) in [6.45, 7) is 4.77. The van der Waals surface area contributed by atoms with E-state index in [2.05, 4.69) is 16.1 Å². The van der Waals surface area contributed by atoms with Crippen molar-refractivity contribution in [1.29, 1.82) is 5.26 Å². The molecule has 1 aromatic carbocycles. The molecule has 0 amide bonds. The number of nitriles is 1.